The van der Waals surface area contributed by atoms with E-state index in [1.54, 1.807) is 20.5 Å². The summed E-state index contributed by atoms with van der Waals surface area (Å²) in [5.41, 5.74) is 12.2. The van der Waals surface area contributed by atoms with Crippen LogP contribution >= 0.6 is 0 Å². The number of ether oxygens (including phenoxy) is 3. The highest BCUT2D eigenvalue weighted by Crippen LogP contribution is 2.22. The molecule has 0 aliphatic carbocycles. The van der Waals surface area contributed by atoms with Gasteiger partial charge in [-0.1, -0.05) is 40.7 Å². The highest BCUT2D eigenvalue weighted by Gasteiger charge is 2.09. The number of para-hydroxylation sites is 1. The number of methoxy groups -OCH3 is 2. The lowest BCUT2D eigenvalue weighted by Crippen LogP contribution is -2.12. The van der Waals surface area contributed by atoms with Crippen molar-refractivity contribution in [2.24, 2.45) is 21.1 Å². The standard InChI is InChI=1S/C21H23N5O3/c1-27-19-9-7-15(8-10-19)17-11-18(14-29-13-17)24-26-25-21(22)23-12-16-5-3-4-6-20(16)28-2/h3-11,14H,12-13H2,1-2H3,(H3,22,23,24,25). The van der Waals surface area contributed by atoms with Gasteiger partial charge < -0.3 is 19.9 Å². The molecule has 2 aromatic carbocycles. The average molecular weight is 393 g/mol. The summed E-state index contributed by atoms with van der Waals surface area (Å²) in [7, 11) is 3.25. The number of aliphatic imine (C=N–C) groups is 1. The predicted molar refractivity (Wildman–Crippen MR) is 111 cm³/mol. The molecule has 0 aromatic heterocycles. The topological polar surface area (TPSA) is 103 Å². The number of nitrogens with one attached hydrogen (secondary N) is 1. The van der Waals surface area contributed by atoms with Gasteiger partial charge in [0, 0.05) is 5.56 Å². The zero-order chi connectivity index (χ0) is 20.5. The Labute approximate surface area is 169 Å². The van der Waals surface area contributed by atoms with Crippen LogP contribution < -0.4 is 20.6 Å². The van der Waals surface area contributed by atoms with Gasteiger partial charge in [0.2, 0.25) is 5.96 Å². The number of benzene rings is 2. The van der Waals surface area contributed by atoms with Crippen molar-refractivity contribution >= 4 is 11.5 Å². The second-order valence-electron chi connectivity index (χ2n) is 6.08. The van der Waals surface area contributed by atoms with Crippen LogP contribution in [0.4, 0.5) is 0 Å². The molecule has 0 atom stereocenters. The lowest BCUT2D eigenvalue weighted by atomic mass is 10.0. The summed E-state index contributed by atoms with van der Waals surface area (Å²) in [5, 5.41) is 7.75. The van der Waals surface area contributed by atoms with Crippen LogP contribution in [0.25, 0.3) is 5.57 Å². The number of rotatable bonds is 7. The van der Waals surface area contributed by atoms with Crippen molar-refractivity contribution in [3.05, 3.63) is 77.7 Å². The van der Waals surface area contributed by atoms with E-state index < -0.39 is 0 Å². The van der Waals surface area contributed by atoms with E-state index in [9.17, 15) is 0 Å². The molecule has 1 aliphatic heterocycles. The molecule has 0 unspecified atom stereocenters. The van der Waals surface area contributed by atoms with Gasteiger partial charge in [0.1, 0.15) is 24.4 Å². The van der Waals surface area contributed by atoms with Gasteiger partial charge in [-0.15, -0.1) is 0 Å². The Morgan fingerprint density at radius 2 is 1.90 bits per heavy atom. The summed E-state index contributed by atoms with van der Waals surface area (Å²) in [6.45, 7) is 0.819. The smallest absolute Gasteiger partial charge is 0.237 e. The van der Waals surface area contributed by atoms with Gasteiger partial charge >= 0.3 is 0 Å². The van der Waals surface area contributed by atoms with Crippen LogP contribution in [0.3, 0.4) is 0 Å². The number of hydrogen-bond donors (Lipinski definition) is 2. The SMILES string of the molecule is COc1ccc(C2=CC(NN=NC(N)=NCc3ccccc3OC)=COC2)cc1. The zero-order valence-corrected chi connectivity index (χ0v) is 16.3. The molecule has 150 valence electrons. The molecule has 0 saturated carbocycles. The van der Waals surface area contributed by atoms with E-state index >= 15 is 0 Å². The van der Waals surface area contributed by atoms with Crippen molar-refractivity contribution in [1.29, 1.82) is 0 Å². The lowest BCUT2D eigenvalue weighted by Gasteiger charge is -2.14. The molecule has 1 heterocycles. The minimum atomic E-state index is 0.0556. The van der Waals surface area contributed by atoms with E-state index in [0.29, 0.717) is 18.8 Å². The number of nitrogens with zero attached hydrogens (tertiary/aromatic N) is 3. The van der Waals surface area contributed by atoms with E-state index in [-0.39, 0.29) is 5.96 Å². The molecule has 3 N–H and O–H groups in total. The first kappa shape index (κ1) is 19.9. The van der Waals surface area contributed by atoms with Crippen LogP contribution in [0.5, 0.6) is 11.5 Å². The molecule has 8 nitrogen and oxygen atoms in total. The molecule has 2 aromatic rings. The number of guanidine groups is 1. The lowest BCUT2D eigenvalue weighted by molar-refractivity contribution is 0.286. The Balaban J connectivity index is 1.58. The summed E-state index contributed by atoms with van der Waals surface area (Å²) in [6, 6.07) is 15.3. The van der Waals surface area contributed by atoms with Crippen LogP contribution in [0.15, 0.2) is 81.9 Å². The van der Waals surface area contributed by atoms with E-state index in [4.69, 9.17) is 19.9 Å². The quantitative estimate of drug-likeness (QED) is 0.325. The number of allylic oxidation sites excluding steroid dienone is 1. The van der Waals surface area contributed by atoms with E-state index in [1.165, 1.54) is 0 Å². The van der Waals surface area contributed by atoms with Gasteiger partial charge in [-0.2, -0.15) is 0 Å². The van der Waals surface area contributed by atoms with E-state index in [0.717, 1.165) is 28.2 Å². The van der Waals surface area contributed by atoms with E-state index in [1.807, 2.05) is 54.6 Å². The Morgan fingerprint density at radius 1 is 1.10 bits per heavy atom. The van der Waals surface area contributed by atoms with Gasteiger partial charge in [-0.3, -0.25) is 5.43 Å². The van der Waals surface area contributed by atoms with Crippen molar-refractivity contribution in [2.45, 2.75) is 6.54 Å². The van der Waals surface area contributed by atoms with Crippen LogP contribution in [0, 0.1) is 0 Å². The minimum absolute atomic E-state index is 0.0556. The number of nitrogens with two attached hydrogens (primary N) is 1. The fourth-order valence-corrected chi connectivity index (χ4v) is 2.68. The summed E-state index contributed by atoms with van der Waals surface area (Å²) in [5.74, 6) is 1.61. The minimum Gasteiger partial charge on any atom is -0.497 e. The Bertz CT molecular complexity index is 949. The Kier molecular flexibility index (Phi) is 6.83. The maximum atomic E-state index is 5.81. The molecule has 0 bridgehead atoms. The summed E-state index contributed by atoms with van der Waals surface area (Å²) in [6.07, 6.45) is 3.51. The third-order valence-electron chi connectivity index (χ3n) is 4.18. The second-order valence-corrected chi connectivity index (χ2v) is 6.08. The molecule has 0 amide bonds. The van der Waals surface area contributed by atoms with Crippen LogP contribution in [-0.4, -0.2) is 26.8 Å². The second kappa shape index (κ2) is 9.93. The molecule has 29 heavy (non-hydrogen) atoms. The van der Waals surface area contributed by atoms with Crippen LogP contribution in [-0.2, 0) is 11.3 Å². The molecule has 0 radical (unpaired) electrons. The van der Waals surface area contributed by atoms with Crippen LogP contribution in [0.1, 0.15) is 11.1 Å². The first-order valence-corrected chi connectivity index (χ1v) is 8.95. The van der Waals surface area contributed by atoms with Crippen LogP contribution in [0.2, 0.25) is 0 Å². The molecule has 0 saturated heterocycles. The molecule has 8 heteroatoms. The molecule has 3 rings (SSSR count). The van der Waals surface area contributed by atoms with E-state index in [2.05, 4.69) is 20.8 Å². The van der Waals surface area contributed by atoms with Gasteiger partial charge in [-0.05, 0) is 35.4 Å². The fourth-order valence-electron chi connectivity index (χ4n) is 2.68. The summed E-state index contributed by atoms with van der Waals surface area (Å²) >= 11 is 0. The van der Waals surface area contributed by atoms with Gasteiger partial charge in [0.25, 0.3) is 0 Å². The fraction of sp³-hybridized carbons (Fsp3) is 0.190. The maximum Gasteiger partial charge on any atom is 0.237 e. The molecular weight excluding hydrogens is 370 g/mol. The van der Waals surface area contributed by atoms with Crippen molar-refractivity contribution in [3.63, 3.8) is 0 Å². The Hall–Kier alpha value is -3.81. The molecule has 0 spiro atoms. The maximum absolute atomic E-state index is 5.81. The highest BCUT2D eigenvalue weighted by atomic mass is 16.5. The highest BCUT2D eigenvalue weighted by molar-refractivity contribution is 5.78. The number of hydrogen-bond acceptors (Lipinski definition) is 5. The first-order chi connectivity index (χ1) is 14.2. The zero-order valence-electron chi connectivity index (χ0n) is 16.3. The third kappa shape index (κ3) is 5.58. The van der Waals surface area contributed by atoms with Crippen molar-refractivity contribution < 1.29 is 14.2 Å². The summed E-state index contributed by atoms with van der Waals surface area (Å²) in [4.78, 5) is 4.20. The van der Waals surface area contributed by atoms with Gasteiger partial charge in [0.15, 0.2) is 0 Å². The normalized spacial score (nSPS) is 14.1. The summed E-state index contributed by atoms with van der Waals surface area (Å²) < 4.78 is 16.0. The molecule has 0 fully saturated rings. The predicted octanol–water partition coefficient (Wildman–Crippen LogP) is 3.43. The largest absolute Gasteiger partial charge is 0.497 e. The molecule has 1 aliphatic rings. The first-order valence-electron chi connectivity index (χ1n) is 8.95. The van der Waals surface area contributed by atoms with Gasteiger partial charge in [0.05, 0.1) is 26.5 Å². The molecular formula is C21H23N5O3. The van der Waals surface area contributed by atoms with Crippen molar-refractivity contribution in [3.8, 4) is 11.5 Å². The average Bonchev–Trinajstić information content (AvgIpc) is 2.78. The Morgan fingerprint density at radius 3 is 2.66 bits per heavy atom. The van der Waals surface area contributed by atoms with Crippen molar-refractivity contribution in [1.82, 2.24) is 5.43 Å². The van der Waals surface area contributed by atoms with Gasteiger partial charge in [-0.25, -0.2) is 4.99 Å². The van der Waals surface area contributed by atoms with Crippen molar-refractivity contribution in [2.75, 3.05) is 20.8 Å². The third-order valence-corrected chi connectivity index (χ3v) is 4.18. The monoisotopic (exact) mass is 393 g/mol.